The van der Waals surface area contributed by atoms with Crippen molar-refractivity contribution in [3.63, 3.8) is 0 Å². The zero-order valence-electron chi connectivity index (χ0n) is 10.4. The van der Waals surface area contributed by atoms with Gasteiger partial charge in [-0.25, -0.2) is 4.98 Å². The van der Waals surface area contributed by atoms with Gasteiger partial charge >= 0.3 is 0 Å². The van der Waals surface area contributed by atoms with Gasteiger partial charge in [-0.15, -0.1) is 0 Å². The number of aromatic amines is 1. The molecule has 1 aromatic heterocycles. The second-order valence-electron chi connectivity index (χ2n) is 4.06. The van der Waals surface area contributed by atoms with Crippen molar-refractivity contribution in [1.82, 2.24) is 15.3 Å². The van der Waals surface area contributed by atoms with Gasteiger partial charge in [0, 0.05) is 13.7 Å². The summed E-state index contributed by atoms with van der Waals surface area (Å²) in [4.78, 5) is 7.86. The van der Waals surface area contributed by atoms with Crippen LogP contribution in [-0.4, -0.2) is 30.2 Å². The van der Waals surface area contributed by atoms with E-state index in [-0.39, 0.29) is 0 Å². The van der Waals surface area contributed by atoms with E-state index >= 15 is 0 Å². The monoisotopic (exact) mass is 233 g/mol. The van der Waals surface area contributed by atoms with Crippen LogP contribution in [-0.2, 0) is 17.7 Å². The number of aromatic nitrogens is 2. The van der Waals surface area contributed by atoms with Crippen LogP contribution in [0.3, 0.4) is 0 Å². The first-order valence-electron chi connectivity index (χ1n) is 6.00. The van der Waals surface area contributed by atoms with E-state index in [2.05, 4.69) is 40.4 Å². The number of imidazole rings is 1. The lowest BCUT2D eigenvalue weighted by atomic mass is 10.1. The maximum Gasteiger partial charge on any atom is 0.121 e. The maximum absolute atomic E-state index is 4.98. The average Bonchev–Trinajstić information content (AvgIpc) is 2.76. The number of hydrogen-bond donors (Lipinski definition) is 2. The molecule has 4 heteroatoms. The fourth-order valence-electron chi connectivity index (χ4n) is 1.79. The lowest BCUT2D eigenvalue weighted by Gasteiger charge is -2.00. The van der Waals surface area contributed by atoms with Gasteiger partial charge in [-0.2, -0.15) is 0 Å². The summed E-state index contributed by atoms with van der Waals surface area (Å²) in [6, 6.07) is 6.37. The zero-order chi connectivity index (χ0) is 12.1. The van der Waals surface area contributed by atoms with Crippen LogP contribution in [0.15, 0.2) is 18.2 Å². The van der Waals surface area contributed by atoms with Crippen LogP contribution in [0.5, 0.6) is 0 Å². The van der Waals surface area contributed by atoms with E-state index in [0.29, 0.717) is 0 Å². The molecule has 0 saturated heterocycles. The summed E-state index contributed by atoms with van der Waals surface area (Å²) in [5.41, 5.74) is 3.48. The molecule has 92 valence electrons. The van der Waals surface area contributed by atoms with Crippen LogP contribution in [0.1, 0.15) is 18.3 Å². The van der Waals surface area contributed by atoms with Crippen molar-refractivity contribution in [3.8, 4) is 0 Å². The molecule has 0 amide bonds. The van der Waals surface area contributed by atoms with Crippen molar-refractivity contribution in [3.05, 3.63) is 29.6 Å². The molecule has 0 unspecified atom stereocenters. The molecule has 0 atom stereocenters. The van der Waals surface area contributed by atoms with E-state index < -0.39 is 0 Å². The van der Waals surface area contributed by atoms with Crippen molar-refractivity contribution in [1.29, 1.82) is 0 Å². The predicted molar refractivity (Wildman–Crippen MR) is 69.1 cm³/mol. The smallest absolute Gasteiger partial charge is 0.121 e. The van der Waals surface area contributed by atoms with Crippen molar-refractivity contribution in [2.24, 2.45) is 0 Å². The molecule has 0 fully saturated rings. The molecule has 2 N–H and O–H groups in total. The number of benzene rings is 1. The van der Waals surface area contributed by atoms with E-state index in [1.165, 1.54) is 5.56 Å². The van der Waals surface area contributed by atoms with Crippen molar-refractivity contribution in [2.75, 3.05) is 20.3 Å². The van der Waals surface area contributed by atoms with Crippen LogP contribution in [0, 0.1) is 0 Å². The third kappa shape index (κ3) is 3.05. The highest BCUT2D eigenvalue weighted by Crippen LogP contribution is 2.14. The first-order valence-corrected chi connectivity index (χ1v) is 6.00. The molecule has 0 aliphatic carbocycles. The summed E-state index contributed by atoms with van der Waals surface area (Å²) < 4.78 is 4.98. The second kappa shape index (κ2) is 5.80. The molecule has 0 aliphatic rings. The Bertz CT molecular complexity index is 478. The largest absolute Gasteiger partial charge is 0.383 e. The Kier molecular flexibility index (Phi) is 4.12. The quantitative estimate of drug-likeness (QED) is 0.749. The number of hydrogen-bond acceptors (Lipinski definition) is 3. The Balaban J connectivity index is 2.04. The number of H-pyrrole nitrogens is 1. The summed E-state index contributed by atoms with van der Waals surface area (Å²) >= 11 is 0. The lowest BCUT2D eigenvalue weighted by molar-refractivity contribution is 0.199. The number of rotatable bonds is 6. The highest BCUT2D eigenvalue weighted by Gasteiger charge is 2.02. The van der Waals surface area contributed by atoms with Crippen LogP contribution >= 0.6 is 0 Å². The topological polar surface area (TPSA) is 49.9 Å². The fourth-order valence-corrected chi connectivity index (χ4v) is 1.79. The highest BCUT2D eigenvalue weighted by molar-refractivity contribution is 5.75. The van der Waals surface area contributed by atoms with Gasteiger partial charge in [-0.05, 0) is 24.1 Å². The fraction of sp³-hybridized carbons (Fsp3) is 0.462. The maximum atomic E-state index is 4.98. The van der Waals surface area contributed by atoms with Crippen LogP contribution in [0.25, 0.3) is 11.0 Å². The lowest BCUT2D eigenvalue weighted by Crippen LogP contribution is -2.19. The molecule has 0 spiro atoms. The van der Waals surface area contributed by atoms with Crippen molar-refractivity contribution < 1.29 is 4.74 Å². The van der Waals surface area contributed by atoms with Gasteiger partial charge in [0.2, 0.25) is 0 Å². The van der Waals surface area contributed by atoms with E-state index in [0.717, 1.165) is 43.0 Å². The number of fused-ring (bicyclic) bond motifs is 1. The van der Waals surface area contributed by atoms with Gasteiger partial charge in [0.05, 0.1) is 24.2 Å². The summed E-state index contributed by atoms with van der Waals surface area (Å²) in [6.45, 7) is 4.47. The minimum atomic E-state index is 0.722. The van der Waals surface area contributed by atoms with E-state index in [9.17, 15) is 0 Å². The Labute approximate surface area is 101 Å². The molecular formula is C13H19N3O. The summed E-state index contributed by atoms with van der Waals surface area (Å²) in [7, 11) is 1.70. The molecule has 2 aromatic rings. The summed E-state index contributed by atoms with van der Waals surface area (Å²) in [6.07, 6.45) is 1.05. The Hall–Kier alpha value is -1.39. The number of nitrogens with one attached hydrogen (secondary N) is 2. The molecule has 1 heterocycles. The zero-order valence-corrected chi connectivity index (χ0v) is 10.4. The first-order chi connectivity index (χ1) is 8.33. The molecule has 17 heavy (non-hydrogen) atoms. The standard InChI is InChI=1S/C13H19N3O/c1-3-10-4-5-11-12(8-10)16-13(15-11)9-14-6-7-17-2/h4-5,8,14H,3,6-7,9H2,1-2H3,(H,15,16). The van der Waals surface area contributed by atoms with Gasteiger partial charge in [-0.3, -0.25) is 0 Å². The first kappa shape index (κ1) is 12.1. The number of nitrogens with zero attached hydrogens (tertiary/aromatic N) is 1. The normalized spacial score (nSPS) is 11.2. The summed E-state index contributed by atoms with van der Waals surface area (Å²) in [5.74, 6) is 0.976. The molecule has 0 aliphatic heterocycles. The minimum absolute atomic E-state index is 0.722. The van der Waals surface area contributed by atoms with E-state index in [1.807, 2.05) is 0 Å². The van der Waals surface area contributed by atoms with E-state index in [4.69, 9.17) is 4.74 Å². The molecule has 2 rings (SSSR count). The van der Waals surface area contributed by atoms with Crippen molar-refractivity contribution in [2.45, 2.75) is 19.9 Å². The van der Waals surface area contributed by atoms with Gasteiger partial charge < -0.3 is 15.0 Å². The third-order valence-electron chi connectivity index (χ3n) is 2.78. The minimum Gasteiger partial charge on any atom is -0.383 e. The molecule has 1 aromatic carbocycles. The Morgan fingerprint density at radius 2 is 2.29 bits per heavy atom. The molecule has 0 saturated carbocycles. The van der Waals surface area contributed by atoms with Crippen LogP contribution in [0.4, 0.5) is 0 Å². The van der Waals surface area contributed by atoms with Gasteiger partial charge in [-0.1, -0.05) is 13.0 Å². The average molecular weight is 233 g/mol. The number of methoxy groups -OCH3 is 1. The van der Waals surface area contributed by atoms with Gasteiger partial charge in [0.15, 0.2) is 0 Å². The predicted octanol–water partition coefficient (Wildman–Crippen LogP) is 1.86. The number of ether oxygens (including phenoxy) is 1. The molecule has 4 nitrogen and oxygen atoms in total. The second-order valence-corrected chi connectivity index (χ2v) is 4.06. The summed E-state index contributed by atoms with van der Waals surface area (Å²) in [5, 5.41) is 3.27. The Morgan fingerprint density at radius 3 is 3.06 bits per heavy atom. The Morgan fingerprint density at radius 1 is 1.41 bits per heavy atom. The van der Waals surface area contributed by atoms with Crippen LogP contribution < -0.4 is 5.32 Å². The third-order valence-corrected chi connectivity index (χ3v) is 2.78. The molecular weight excluding hydrogens is 214 g/mol. The van der Waals surface area contributed by atoms with Crippen LogP contribution in [0.2, 0.25) is 0 Å². The highest BCUT2D eigenvalue weighted by atomic mass is 16.5. The van der Waals surface area contributed by atoms with Crippen molar-refractivity contribution >= 4 is 11.0 Å². The van der Waals surface area contributed by atoms with Gasteiger partial charge in [0.1, 0.15) is 5.82 Å². The molecule has 0 bridgehead atoms. The molecule has 0 radical (unpaired) electrons. The van der Waals surface area contributed by atoms with E-state index in [1.54, 1.807) is 7.11 Å². The van der Waals surface area contributed by atoms with Gasteiger partial charge in [0.25, 0.3) is 0 Å². The SMILES string of the molecule is CCc1ccc2nc(CNCCOC)[nH]c2c1. The number of aryl methyl sites for hydroxylation is 1.